The summed E-state index contributed by atoms with van der Waals surface area (Å²) in [6, 6.07) is 0. The van der Waals surface area contributed by atoms with Crippen molar-refractivity contribution < 1.29 is 33.8 Å². The number of hydrogen-bond acceptors (Lipinski definition) is 7. The van der Waals surface area contributed by atoms with Crippen molar-refractivity contribution in [3.63, 3.8) is 0 Å². The maximum atomic E-state index is 9.63. The van der Waals surface area contributed by atoms with Gasteiger partial charge in [-0.2, -0.15) is 0 Å². The normalized spacial score (nSPS) is 11.8. The molecule has 0 spiro atoms. The van der Waals surface area contributed by atoms with E-state index in [1.165, 1.54) is 0 Å². The molecule has 0 atom stereocenters. The van der Waals surface area contributed by atoms with E-state index in [2.05, 4.69) is 0 Å². The van der Waals surface area contributed by atoms with E-state index in [1.807, 2.05) is 0 Å². The summed E-state index contributed by atoms with van der Waals surface area (Å²) in [6.07, 6.45) is 0. The molecule has 0 fully saturated rings. The van der Waals surface area contributed by atoms with Crippen LogP contribution in [-0.4, -0.2) is 30.9 Å². The van der Waals surface area contributed by atoms with Crippen molar-refractivity contribution in [2.24, 2.45) is 0 Å². The Balaban J connectivity index is -0.000000405. The summed E-state index contributed by atoms with van der Waals surface area (Å²) in [6.45, 7) is 0. The van der Waals surface area contributed by atoms with Gasteiger partial charge in [0.2, 0.25) is 0 Å². The molecule has 0 aliphatic rings. The van der Waals surface area contributed by atoms with Crippen LogP contribution in [0.3, 0.4) is 0 Å². The van der Waals surface area contributed by atoms with Crippen LogP contribution >= 0.6 is 15.2 Å². The quantitative estimate of drug-likeness (QED) is 0.352. The second-order valence-electron chi connectivity index (χ2n) is 1.43. The Kier molecular flexibility index (Phi) is 8.21. The summed E-state index contributed by atoms with van der Waals surface area (Å²) >= 11 is 0. The molecular weight excluding hydrogens is 204 g/mol. The first-order valence-corrected chi connectivity index (χ1v) is 5.09. The molecule has 1 N–H and O–H groups in total. The van der Waals surface area contributed by atoms with Gasteiger partial charge < -0.3 is 33.8 Å². The Morgan fingerprint density at radius 2 is 1.08 bits per heavy atom. The van der Waals surface area contributed by atoms with Crippen LogP contribution in [-0.2, 0) is 9.13 Å². The molecule has 11 heteroatoms. The third kappa shape index (κ3) is 6.15. The van der Waals surface area contributed by atoms with Crippen molar-refractivity contribution in [2.75, 3.05) is 0 Å². The van der Waals surface area contributed by atoms with Crippen LogP contribution in [0.2, 0.25) is 0 Å². The predicted octanol–water partition coefficient (Wildman–Crippen LogP) is -4.67. The van der Waals surface area contributed by atoms with E-state index in [9.17, 15) is 28.7 Å². The molecule has 0 saturated heterocycles. The van der Waals surface area contributed by atoms with Crippen molar-refractivity contribution >= 4 is 35.4 Å². The standard InChI is InChI=1S/CH6O7P2.2Be/c2-1(9(3,4)5)10(6,7)8;;/h1-2H,(H2,3,4,5)(H2,6,7,8);;/q;2*+2/p-4. The van der Waals surface area contributed by atoms with E-state index in [0.717, 1.165) is 0 Å². The van der Waals surface area contributed by atoms with Gasteiger partial charge >= 0.3 is 20.2 Å². The zero-order valence-corrected chi connectivity index (χ0v) is 7.57. The van der Waals surface area contributed by atoms with Crippen molar-refractivity contribution in [1.29, 1.82) is 0 Å². The van der Waals surface area contributed by atoms with Crippen LogP contribution in [0, 0.1) is 0 Å². The van der Waals surface area contributed by atoms with Crippen LogP contribution in [0.4, 0.5) is 0 Å². The fraction of sp³-hybridized carbons (Fsp3) is 1.00. The molecule has 62 valence electrons. The molecular formula is CH2Be2O7P2. The summed E-state index contributed by atoms with van der Waals surface area (Å²) in [7, 11) is -11.4. The van der Waals surface area contributed by atoms with E-state index in [0.29, 0.717) is 0 Å². The minimum Gasteiger partial charge on any atom is -0.809 e. The molecule has 0 aliphatic heterocycles. The summed E-state index contributed by atoms with van der Waals surface area (Å²) in [4.78, 5) is 38.5. The summed E-state index contributed by atoms with van der Waals surface area (Å²) in [5.41, 5.74) is -3.35. The fourth-order valence-corrected chi connectivity index (χ4v) is 1.56. The molecule has 0 aliphatic carbocycles. The molecule has 0 aromatic heterocycles. The van der Waals surface area contributed by atoms with Gasteiger partial charge in [-0.1, -0.05) is 0 Å². The van der Waals surface area contributed by atoms with Gasteiger partial charge in [-0.3, -0.25) is 0 Å². The molecule has 0 aromatic carbocycles. The first kappa shape index (κ1) is 18.4. The predicted molar refractivity (Wildman–Crippen MR) is 32.7 cm³/mol. The minimum atomic E-state index is -5.71. The van der Waals surface area contributed by atoms with Gasteiger partial charge in [0.1, 0.15) is 5.59 Å². The monoisotopic (exact) mass is 206 g/mol. The van der Waals surface area contributed by atoms with E-state index >= 15 is 0 Å². The molecule has 0 bridgehead atoms. The van der Waals surface area contributed by atoms with Gasteiger partial charge in [-0.15, -0.1) is 0 Å². The van der Waals surface area contributed by atoms with Crippen LogP contribution in [0.15, 0.2) is 0 Å². The molecule has 0 radical (unpaired) electrons. The third-order valence-corrected chi connectivity index (χ3v) is 3.39. The SMILES string of the molecule is O=P([O-])([O-])C(O)P(=O)([O-])[O-].[Be+2].[Be+2]. The smallest absolute Gasteiger partial charge is 0.809 e. The topological polar surface area (TPSA) is 147 Å². The maximum absolute atomic E-state index is 9.63. The van der Waals surface area contributed by atoms with Crippen LogP contribution in [0.5, 0.6) is 0 Å². The van der Waals surface area contributed by atoms with Gasteiger partial charge in [0, 0.05) is 0 Å². The van der Waals surface area contributed by atoms with Crippen LogP contribution < -0.4 is 19.6 Å². The third-order valence-electron chi connectivity index (χ3n) is 0.566. The Morgan fingerprint density at radius 3 is 1.08 bits per heavy atom. The summed E-state index contributed by atoms with van der Waals surface area (Å²) in [5.74, 6) is 0. The van der Waals surface area contributed by atoms with Crippen molar-refractivity contribution in [2.45, 2.75) is 5.59 Å². The molecule has 0 rings (SSSR count). The van der Waals surface area contributed by atoms with E-state index < -0.39 is 20.8 Å². The Morgan fingerprint density at radius 1 is 0.917 bits per heavy atom. The van der Waals surface area contributed by atoms with Crippen molar-refractivity contribution in [3.05, 3.63) is 0 Å². The minimum absolute atomic E-state index is 0. The number of aliphatic hydroxyl groups is 1. The number of aliphatic hydroxyl groups excluding tert-OH is 1. The summed E-state index contributed by atoms with van der Waals surface area (Å²) < 4.78 is 19.3. The molecule has 0 heterocycles. The fourth-order valence-electron chi connectivity index (χ4n) is 0.173. The first-order valence-electron chi connectivity index (χ1n) is 1.87. The molecule has 7 nitrogen and oxygen atoms in total. The van der Waals surface area contributed by atoms with Crippen molar-refractivity contribution in [3.8, 4) is 0 Å². The maximum Gasteiger partial charge on any atom is 2.00 e. The van der Waals surface area contributed by atoms with Gasteiger partial charge in [-0.25, -0.2) is 0 Å². The number of rotatable bonds is 2. The second kappa shape index (κ2) is 5.35. The zero-order valence-electron chi connectivity index (χ0n) is 5.78. The Hall–Kier alpha value is 0.598. The first-order chi connectivity index (χ1) is 4.15. The zero-order chi connectivity index (χ0) is 8.58. The largest absolute Gasteiger partial charge is 2.00 e. The van der Waals surface area contributed by atoms with Crippen LogP contribution in [0.25, 0.3) is 0 Å². The molecule has 12 heavy (non-hydrogen) atoms. The van der Waals surface area contributed by atoms with Crippen molar-refractivity contribution in [1.82, 2.24) is 0 Å². The number of hydrogen-bond donors (Lipinski definition) is 1. The molecule has 0 saturated carbocycles. The van der Waals surface area contributed by atoms with E-state index in [-0.39, 0.29) is 20.2 Å². The van der Waals surface area contributed by atoms with Crippen LogP contribution in [0.1, 0.15) is 0 Å². The second-order valence-corrected chi connectivity index (χ2v) is 4.97. The average Bonchev–Trinajstić information content (AvgIpc) is 1.59. The summed E-state index contributed by atoms with van der Waals surface area (Å²) in [5, 5.41) is 7.95. The van der Waals surface area contributed by atoms with E-state index in [4.69, 9.17) is 5.11 Å². The Labute approximate surface area is 75.6 Å². The van der Waals surface area contributed by atoms with Gasteiger partial charge in [0.15, 0.2) is 0 Å². The molecule has 0 unspecified atom stereocenters. The average molecular weight is 206 g/mol. The molecule has 0 amide bonds. The van der Waals surface area contributed by atoms with Gasteiger partial charge in [-0.05, 0) is 15.2 Å². The van der Waals surface area contributed by atoms with Gasteiger partial charge in [0.25, 0.3) is 0 Å². The molecule has 0 aromatic rings. The van der Waals surface area contributed by atoms with E-state index in [1.54, 1.807) is 0 Å². The van der Waals surface area contributed by atoms with Gasteiger partial charge in [0.05, 0.1) is 0 Å². The Bertz CT molecular complexity index is 181.